The fourth-order valence-electron chi connectivity index (χ4n) is 3.89. The molecule has 1 unspecified atom stereocenters. The molecule has 1 atom stereocenters. The lowest BCUT2D eigenvalue weighted by molar-refractivity contribution is -0.138. The lowest BCUT2D eigenvalue weighted by Gasteiger charge is -2.23. The molecule has 6 heteroatoms. The van der Waals surface area contributed by atoms with Crippen molar-refractivity contribution in [2.45, 2.75) is 38.8 Å². The zero-order chi connectivity index (χ0) is 20.9. The molecule has 4 rings (SSSR count). The number of carbonyl (C=O) groups excluding carboxylic acids is 2. The molecule has 0 saturated carbocycles. The second-order valence-corrected chi connectivity index (χ2v) is 7.64. The predicted octanol–water partition coefficient (Wildman–Crippen LogP) is 3.50. The first-order chi connectivity index (χ1) is 14.6. The van der Waals surface area contributed by atoms with Gasteiger partial charge in [0, 0.05) is 19.2 Å². The molecular formula is C24H25N3O3. The number of amides is 2. The van der Waals surface area contributed by atoms with E-state index in [4.69, 9.17) is 4.52 Å². The number of likely N-dealkylation sites (tertiary alicyclic amines) is 1. The van der Waals surface area contributed by atoms with E-state index in [9.17, 15) is 9.59 Å². The average molecular weight is 403 g/mol. The maximum absolute atomic E-state index is 12.8. The molecule has 1 N–H and O–H groups in total. The van der Waals surface area contributed by atoms with Crippen molar-refractivity contribution in [2.75, 3.05) is 6.54 Å². The Morgan fingerprint density at radius 2 is 1.90 bits per heavy atom. The van der Waals surface area contributed by atoms with Crippen LogP contribution in [0.4, 0.5) is 0 Å². The van der Waals surface area contributed by atoms with Crippen LogP contribution >= 0.6 is 0 Å². The van der Waals surface area contributed by atoms with E-state index >= 15 is 0 Å². The molecule has 1 aliphatic rings. The molecule has 2 heterocycles. The first-order valence-corrected chi connectivity index (χ1v) is 10.2. The Bertz CT molecular complexity index is 1030. The molecule has 30 heavy (non-hydrogen) atoms. The number of nitrogens with one attached hydrogen (secondary N) is 1. The molecule has 6 nitrogen and oxygen atoms in total. The highest BCUT2D eigenvalue weighted by atomic mass is 16.5. The van der Waals surface area contributed by atoms with Crippen LogP contribution in [0.15, 0.2) is 65.2 Å². The molecule has 2 amide bonds. The second-order valence-electron chi connectivity index (χ2n) is 7.64. The number of aryl methyl sites for hydroxylation is 1. The quantitative estimate of drug-likeness (QED) is 0.684. The van der Waals surface area contributed by atoms with Gasteiger partial charge >= 0.3 is 0 Å². The van der Waals surface area contributed by atoms with Crippen molar-refractivity contribution in [3.05, 3.63) is 77.7 Å². The fourth-order valence-corrected chi connectivity index (χ4v) is 3.89. The molecule has 0 aliphatic carbocycles. The maximum atomic E-state index is 12.8. The Kier molecular flexibility index (Phi) is 5.93. The molecule has 2 aromatic carbocycles. The fraction of sp³-hybridized carbons (Fsp3) is 0.292. The highest BCUT2D eigenvalue weighted by Gasteiger charge is 2.34. The van der Waals surface area contributed by atoms with Crippen LogP contribution in [-0.2, 0) is 22.6 Å². The highest BCUT2D eigenvalue weighted by Crippen LogP contribution is 2.21. The summed E-state index contributed by atoms with van der Waals surface area (Å²) in [5.41, 5.74) is 4.02. The normalized spacial score (nSPS) is 15.9. The van der Waals surface area contributed by atoms with Gasteiger partial charge in [-0.25, -0.2) is 0 Å². The lowest BCUT2D eigenvalue weighted by atomic mass is 10.0. The molecule has 0 bridgehead atoms. The predicted molar refractivity (Wildman–Crippen MR) is 113 cm³/mol. The van der Waals surface area contributed by atoms with Crippen molar-refractivity contribution in [1.82, 2.24) is 15.4 Å². The van der Waals surface area contributed by atoms with E-state index in [1.807, 2.05) is 37.3 Å². The van der Waals surface area contributed by atoms with Crippen molar-refractivity contribution in [1.29, 1.82) is 0 Å². The van der Waals surface area contributed by atoms with Gasteiger partial charge in [0.15, 0.2) is 0 Å². The molecular weight excluding hydrogens is 378 g/mol. The van der Waals surface area contributed by atoms with E-state index in [0.717, 1.165) is 28.8 Å². The monoisotopic (exact) mass is 403 g/mol. The molecule has 3 aromatic rings. The van der Waals surface area contributed by atoms with Crippen LogP contribution in [0.3, 0.4) is 0 Å². The molecule has 0 radical (unpaired) electrons. The van der Waals surface area contributed by atoms with Gasteiger partial charge in [-0.2, -0.15) is 0 Å². The van der Waals surface area contributed by atoms with Crippen molar-refractivity contribution in [3.63, 3.8) is 0 Å². The summed E-state index contributed by atoms with van der Waals surface area (Å²) >= 11 is 0. The van der Waals surface area contributed by atoms with E-state index < -0.39 is 6.04 Å². The van der Waals surface area contributed by atoms with Crippen molar-refractivity contribution < 1.29 is 14.1 Å². The SMILES string of the molecule is Cc1cc(CC(=O)N2CCCC2C(=O)NCc2cccc(-c3ccccc3)c2)on1. The smallest absolute Gasteiger partial charge is 0.243 e. The average Bonchev–Trinajstić information content (AvgIpc) is 3.42. The molecule has 1 aromatic heterocycles. The van der Waals surface area contributed by atoms with Crippen LogP contribution in [0.25, 0.3) is 11.1 Å². The summed E-state index contributed by atoms with van der Waals surface area (Å²) in [7, 11) is 0. The van der Waals surface area contributed by atoms with Crippen LogP contribution < -0.4 is 5.32 Å². The Balaban J connectivity index is 1.37. The van der Waals surface area contributed by atoms with E-state index in [1.165, 1.54) is 0 Å². The number of hydrogen-bond acceptors (Lipinski definition) is 4. The molecule has 1 fully saturated rings. The van der Waals surface area contributed by atoms with Gasteiger partial charge in [0.2, 0.25) is 11.8 Å². The standard InChI is InChI=1S/C24H25N3O3/c1-17-13-21(30-26-17)15-23(28)27-12-6-11-22(27)24(29)25-16-18-7-5-10-20(14-18)19-8-3-2-4-9-19/h2-5,7-10,13-14,22H,6,11-12,15-16H2,1H3,(H,25,29). The van der Waals surface area contributed by atoms with Crippen LogP contribution in [0.1, 0.15) is 29.9 Å². The van der Waals surface area contributed by atoms with E-state index in [2.05, 4.69) is 34.7 Å². The first kappa shape index (κ1) is 19.9. The van der Waals surface area contributed by atoms with Crippen LogP contribution in [-0.4, -0.2) is 34.5 Å². The number of rotatable bonds is 6. The van der Waals surface area contributed by atoms with Gasteiger partial charge in [-0.15, -0.1) is 0 Å². The van der Waals surface area contributed by atoms with E-state index in [1.54, 1.807) is 11.0 Å². The zero-order valence-electron chi connectivity index (χ0n) is 17.0. The van der Waals surface area contributed by atoms with Gasteiger partial charge in [0.25, 0.3) is 0 Å². The summed E-state index contributed by atoms with van der Waals surface area (Å²) in [6.07, 6.45) is 1.63. The minimum Gasteiger partial charge on any atom is -0.361 e. The molecule has 154 valence electrons. The number of hydrogen-bond donors (Lipinski definition) is 1. The van der Waals surface area contributed by atoms with Gasteiger partial charge in [-0.1, -0.05) is 53.7 Å². The maximum Gasteiger partial charge on any atom is 0.243 e. The third-order valence-corrected chi connectivity index (χ3v) is 5.38. The molecule has 0 spiro atoms. The van der Waals surface area contributed by atoms with Crippen LogP contribution in [0.2, 0.25) is 0 Å². The van der Waals surface area contributed by atoms with E-state index in [-0.39, 0.29) is 18.2 Å². The largest absolute Gasteiger partial charge is 0.361 e. The Morgan fingerprint density at radius 3 is 2.67 bits per heavy atom. The number of aromatic nitrogens is 1. The number of carbonyl (C=O) groups is 2. The lowest BCUT2D eigenvalue weighted by Crippen LogP contribution is -2.46. The number of nitrogens with zero attached hydrogens (tertiary/aromatic N) is 2. The highest BCUT2D eigenvalue weighted by molar-refractivity contribution is 5.88. The third-order valence-electron chi connectivity index (χ3n) is 5.38. The summed E-state index contributed by atoms with van der Waals surface area (Å²) in [5, 5.41) is 6.82. The van der Waals surface area contributed by atoms with E-state index in [0.29, 0.717) is 25.3 Å². The molecule has 1 aliphatic heterocycles. The summed E-state index contributed by atoms with van der Waals surface area (Å²) in [5.74, 6) is 0.316. The Labute approximate surface area is 175 Å². The Hall–Kier alpha value is -3.41. The third kappa shape index (κ3) is 4.59. The zero-order valence-corrected chi connectivity index (χ0v) is 17.0. The van der Waals surface area contributed by atoms with Crippen LogP contribution in [0.5, 0.6) is 0 Å². The molecule has 1 saturated heterocycles. The van der Waals surface area contributed by atoms with Crippen molar-refractivity contribution in [3.8, 4) is 11.1 Å². The van der Waals surface area contributed by atoms with Crippen molar-refractivity contribution >= 4 is 11.8 Å². The van der Waals surface area contributed by atoms with Crippen LogP contribution in [0, 0.1) is 6.92 Å². The number of benzene rings is 2. The topological polar surface area (TPSA) is 75.4 Å². The Morgan fingerprint density at radius 1 is 1.10 bits per heavy atom. The van der Waals surface area contributed by atoms with Gasteiger partial charge < -0.3 is 14.7 Å². The summed E-state index contributed by atoms with van der Waals surface area (Å²) in [6.45, 7) is 2.84. The second kappa shape index (κ2) is 8.95. The minimum absolute atomic E-state index is 0.102. The first-order valence-electron chi connectivity index (χ1n) is 10.2. The van der Waals surface area contributed by atoms with Gasteiger partial charge in [-0.3, -0.25) is 9.59 Å². The summed E-state index contributed by atoms with van der Waals surface area (Å²) in [6, 6.07) is 19.6. The van der Waals surface area contributed by atoms with Crippen molar-refractivity contribution in [2.24, 2.45) is 0 Å². The summed E-state index contributed by atoms with van der Waals surface area (Å²) < 4.78 is 5.15. The minimum atomic E-state index is -0.432. The van der Waals surface area contributed by atoms with Gasteiger partial charge in [0.1, 0.15) is 11.8 Å². The van der Waals surface area contributed by atoms with Gasteiger partial charge in [-0.05, 0) is 42.5 Å². The summed E-state index contributed by atoms with van der Waals surface area (Å²) in [4.78, 5) is 27.1. The van der Waals surface area contributed by atoms with Gasteiger partial charge in [0.05, 0.1) is 12.1 Å².